The number of hydrogen-bond donors (Lipinski definition) is 2. The molecule has 7 heteroatoms. The number of hydrogen-bond acceptors (Lipinski definition) is 4. The molecule has 0 aliphatic heterocycles. The normalized spacial score (nSPS) is 12.7. The van der Waals surface area contributed by atoms with Gasteiger partial charge in [0.05, 0.1) is 5.60 Å². The van der Waals surface area contributed by atoms with Crippen LogP contribution in [0.3, 0.4) is 0 Å². The predicted octanol–water partition coefficient (Wildman–Crippen LogP) is 0.383. The average molecular weight is 246 g/mol. The zero-order valence-corrected chi connectivity index (χ0v) is 10.1. The van der Waals surface area contributed by atoms with Gasteiger partial charge < -0.3 is 4.98 Å². The van der Waals surface area contributed by atoms with Crippen LogP contribution in [0.1, 0.15) is 20.8 Å². The summed E-state index contributed by atoms with van der Waals surface area (Å²) in [7, 11) is -3.75. The molecule has 0 aliphatic carbocycles. The highest BCUT2D eigenvalue weighted by Gasteiger charge is 2.19. The van der Waals surface area contributed by atoms with Gasteiger partial charge in [0.25, 0.3) is 10.0 Å². The van der Waals surface area contributed by atoms with Crippen molar-refractivity contribution in [1.29, 1.82) is 0 Å². The SMILES string of the molecule is CC(C)(C)ONS(=O)(=O)c1ccc(=O)[nH]c1. The maximum absolute atomic E-state index is 11.6. The van der Waals surface area contributed by atoms with E-state index in [-0.39, 0.29) is 10.5 Å². The smallest absolute Gasteiger partial charge is 0.263 e. The van der Waals surface area contributed by atoms with Gasteiger partial charge >= 0.3 is 0 Å². The molecule has 90 valence electrons. The Morgan fingerprint density at radius 3 is 2.38 bits per heavy atom. The first-order valence-corrected chi connectivity index (χ1v) is 6.08. The Kier molecular flexibility index (Phi) is 3.51. The van der Waals surface area contributed by atoms with Crippen LogP contribution in [-0.4, -0.2) is 19.0 Å². The van der Waals surface area contributed by atoms with Crippen LogP contribution in [0.2, 0.25) is 0 Å². The zero-order chi connectivity index (χ0) is 12.4. The van der Waals surface area contributed by atoms with E-state index in [1.54, 1.807) is 20.8 Å². The van der Waals surface area contributed by atoms with Crippen molar-refractivity contribution in [3.63, 3.8) is 0 Å². The summed E-state index contributed by atoms with van der Waals surface area (Å²) in [5.41, 5.74) is -0.995. The molecule has 1 aromatic rings. The largest absolute Gasteiger partial charge is 0.328 e. The Morgan fingerprint density at radius 2 is 1.94 bits per heavy atom. The van der Waals surface area contributed by atoms with Crippen LogP contribution in [0.25, 0.3) is 0 Å². The number of pyridine rings is 1. The van der Waals surface area contributed by atoms with Gasteiger partial charge in [-0.25, -0.2) is 8.42 Å². The van der Waals surface area contributed by atoms with Crippen molar-refractivity contribution in [1.82, 2.24) is 9.87 Å². The molecular formula is C9H14N2O4S. The van der Waals surface area contributed by atoms with Gasteiger partial charge in [0.15, 0.2) is 0 Å². The summed E-state index contributed by atoms with van der Waals surface area (Å²) in [4.78, 5) is 19.9. The van der Waals surface area contributed by atoms with E-state index in [2.05, 4.69) is 4.98 Å². The molecule has 0 aliphatic rings. The zero-order valence-electron chi connectivity index (χ0n) is 9.27. The van der Waals surface area contributed by atoms with Crippen LogP contribution in [0.5, 0.6) is 0 Å². The summed E-state index contributed by atoms with van der Waals surface area (Å²) in [6, 6.07) is 2.33. The van der Waals surface area contributed by atoms with Crippen molar-refractivity contribution < 1.29 is 13.3 Å². The lowest BCUT2D eigenvalue weighted by Gasteiger charge is -2.18. The van der Waals surface area contributed by atoms with Gasteiger partial charge in [-0.15, -0.1) is 0 Å². The summed E-state index contributed by atoms with van der Waals surface area (Å²) < 4.78 is 23.3. The predicted molar refractivity (Wildman–Crippen MR) is 58.2 cm³/mol. The first-order valence-electron chi connectivity index (χ1n) is 4.59. The van der Waals surface area contributed by atoms with E-state index in [1.807, 2.05) is 4.89 Å². The van der Waals surface area contributed by atoms with E-state index in [9.17, 15) is 13.2 Å². The van der Waals surface area contributed by atoms with Crippen molar-refractivity contribution in [2.45, 2.75) is 31.3 Å². The third kappa shape index (κ3) is 3.76. The van der Waals surface area contributed by atoms with E-state index < -0.39 is 15.6 Å². The maximum atomic E-state index is 11.6. The third-order valence-corrected chi connectivity index (χ3v) is 2.70. The fraction of sp³-hybridized carbons (Fsp3) is 0.444. The standard InChI is InChI=1S/C9H14N2O4S/c1-9(2,3)15-11-16(13,14)7-4-5-8(12)10-6-7/h4-6,11H,1-3H3,(H,10,12). The summed E-state index contributed by atoms with van der Waals surface area (Å²) in [5.74, 6) is 0. The quantitative estimate of drug-likeness (QED) is 0.755. The monoisotopic (exact) mass is 246 g/mol. The van der Waals surface area contributed by atoms with E-state index in [1.165, 1.54) is 6.07 Å². The molecule has 1 rings (SSSR count). The van der Waals surface area contributed by atoms with Gasteiger partial charge in [-0.1, -0.05) is 4.89 Å². The molecule has 16 heavy (non-hydrogen) atoms. The lowest BCUT2D eigenvalue weighted by Crippen LogP contribution is -2.33. The molecule has 1 heterocycles. The van der Waals surface area contributed by atoms with Crippen LogP contribution in [0, 0.1) is 0 Å². The molecule has 0 unspecified atom stereocenters. The Hall–Kier alpha value is -1.18. The molecule has 0 saturated carbocycles. The van der Waals surface area contributed by atoms with E-state index in [4.69, 9.17) is 4.84 Å². The van der Waals surface area contributed by atoms with Crippen molar-refractivity contribution in [2.75, 3.05) is 0 Å². The highest BCUT2D eigenvalue weighted by molar-refractivity contribution is 7.89. The van der Waals surface area contributed by atoms with E-state index in [0.717, 1.165) is 12.3 Å². The number of aromatic nitrogens is 1. The summed E-state index contributed by atoms with van der Waals surface area (Å²) in [6.07, 6.45) is 1.11. The van der Waals surface area contributed by atoms with Gasteiger partial charge in [0.2, 0.25) is 5.56 Å². The van der Waals surface area contributed by atoms with Crippen LogP contribution >= 0.6 is 0 Å². The van der Waals surface area contributed by atoms with Crippen LogP contribution in [-0.2, 0) is 14.9 Å². The van der Waals surface area contributed by atoms with Crippen molar-refractivity contribution in [2.24, 2.45) is 0 Å². The summed E-state index contributed by atoms with van der Waals surface area (Å²) in [6.45, 7) is 5.13. The molecule has 0 spiro atoms. The third-order valence-electron chi connectivity index (χ3n) is 1.52. The molecule has 0 bridgehead atoms. The molecule has 2 N–H and O–H groups in total. The molecule has 0 aromatic carbocycles. The fourth-order valence-electron chi connectivity index (χ4n) is 0.791. The van der Waals surface area contributed by atoms with Crippen molar-refractivity contribution in [3.8, 4) is 0 Å². The highest BCUT2D eigenvalue weighted by Crippen LogP contribution is 2.09. The number of H-pyrrole nitrogens is 1. The van der Waals surface area contributed by atoms with Crippen molar-refractivity contribution in [3.05, 3.63) is 28.7 Å². The first-order chi connectivity index (χ1) is 7.21. The maximum Gasteiger partial charge on any atom is 0.263 e. The molecule has 0 saturated heterocycles. The summed E-state index contributed by atoms with van der Waals surface area (Å²) >= 11 is 0. The van der Waals surface area contributed by atoms with Gasteiger partial charge in [-0.05, 0) is 26.8 Å². The Labute approximate surface area is 93.7 Å². The highest BCUT2D eigenvalue weighted by atomic mass is 32.2. The van der Waals surface area contributed by atoms with Crippen molar-refractivity contribution >= 4 is 10.0 Å². The first kappa shape index (κ1) is 12.9. The molecule has 1 aromatic heterocycles. The molecule has 0 amide bonds. The van der Waals surface area contributed by atoms with E-state index >= 15 is 0 Å². The number of aromatic amines is 1. The molecule has 0 fully saturated rings. The minimum Gasteiger partial charge on any atom is -0.328 e. The Bertz CT molecular complexity index is 493. The second-order valence-electron chi connectivity index (χ2n) is 4.19. The second kappa shape index (κ2) is 4.36. The summed E-state index contributed by atoms with van der Waals surface area (Å²) in [5, 5.41) is 0. The molecule has 6 nitrogen and oxygen atoms in total. The van der Waals surface area contributed by atoms with Gasteiger partial charge in [-0.2, -0.15) is 0 Å². The molecular weight excluding hydrogens is 232 g/mol. The van der Waals surface area contributed by atoms with E-state index in [0.29, 0.717) is 0 Å². The molecule has 0 radical (unpaired) electrons. The van der Waals surface area contributed by atoms with Crippen LogP contribution in [0.4, 0.5) is 0 Å². The van der Waals surface area contributed by atoms with Crippen LogP contribution in [0.15, 0.2) is 28.0 Å². The van der Waals surface area contributed by atoms with Gasteiger partial charge in [0, 0.05) is 12.3 Å². The fourth-order valence-corrected chi connectivity index (χ4v) is 1.71. The number of sulfonamides is 1. The van der Waals surface area contributed by atoms with Gasteiger partial charge in [-0.3, -0.25) is 9.63 Å². The second-order valence-corrected chi connectivity index (χ2v) is 5.83. The molecule has 0 atom stereocenters. The minimum atomic E-state index is -3.75. The average Bonchev–Trinajstić information content (AvgIpc) is 2.15. The Morgan fingerprint density at radius 1 is 1.31 bits per heavy atom. The number of rotatable bonds is 3. The Balaban J connectivity index is 2.87. The topological polar surface area (TPSA) is 88.3 Å². The minimum absolute atomic E-state index is 0.0589. The number of nitrogens with one attached hydrogen (secondary N) is 2. The lowest BCUT2D eigenvalue weighted by atomic mass is 10.2. The van der Waals surface area contributed by atoms with Gasteiger partial charge in [0.1, 0.15) is 4.90 Å². The lowest BCUT2D eigenvalue weighted by molar-refractivity contribution is -0.0357. The van der Waals surface area contributed by atoms with Crippen LogP contribution < -0.4 is 10.4 Å².